The molecule has 1 aliphatic rings. The van der Waals surface area contributed by atoms with Crippen molar-refractivity contribution in [3.8, 4) is 0 Å². The van der Waals surface area contributed by atoms with Gasteiger partial charge in [0.05, 0.1) is 5.37 Å². The number of unbranched alkanes of at least 4 members (excludes halogenated alkanes) is 5. The summed E-state index contributed by atoms with van der Waals surface area (Å²) in [5.41, 5.74) is -0.0759. The molecule has 0 amide bonds. The number of hydrogen-bond donors (Lipinski definition) is 1. The summed E-state index contributed by atoms with van der Waals surface area (Å²) in [5.74, 6) is 0. The van der Waals surface area contributed by atoms with Gasteiger partial charge in [-0.15, -0.1) is 0 Å². The fraction of sp³-hybridized carbons (Fsp3) is 0.812. The normalized spacial score (nSPS) is 19.3. The molecule has 1 atom stereocenters. The maximum absolute atomic E-state index is 12.2. The SMILES string of the molecule is CCCCCCCCn1sc(SC2CCCCN2O)c(Cl)c1=O. The Morgan fingerprint density at radius 2 is 2.00 bits per heavy atom. The highest BCUT2D eigenvalue weighted by Crippen LogP contribution is 2.37. The molecule has 4 nitrogen and oxygen atoms in total. The molecule has 1 aliphatic heterocycles. The molecule has 1 N–H and O–H groups in total. The Kier molecular flexibility index (Phi) is 8.47. The predicted molar refractivity (Wildman–Crippen MR) is 99.0 cm³/mol. The van der Waals surface area contributed by atoms with Gasteiger partial charge in [0.2, 0.25) is 0 Å². The fourth-order valence-electron chi connectivity index (χ4n) is 2.76. The summed E-state index contributed by atoms with van der Waals surface area (Å²) in [6.45, 7) is 3.66. The van der Waals surface area contributed by atoms with Crippen LogP contribution in [0.25, 0.3) is 0 Å². The van der Waals surface area contributed by atoms with Gasteiger partial charge in [-0.2, -0.15) is 5.06 Å². The van der Waals surface area contributed by atoms with Crippen molar-refractivity contribution < 1.29 is 5.21 Å². The van der Waals surface area contributed by atoms with Gasteiger partial charge < -0.3 is 5.21 Å². The van der Waals surface area contributed by atoms with Gasteiger partial charge in [0.15, 0.2) is 0 Å². The Morgan fingerprint density at radius 1 is 1.26 bits per heavy atom. The molecule has 0 aliphatic carbocycles. The summed E-state index contributed by atoms with van der Waals surface area (Å²) in [6, 6.07) is 0. The summed E-state index contributed by atoms with van der Waals surface area (Å²) in [4.78, 5) is 12.2. The van der Waals surface area contributed by atoms with E-state index in [0.29, 0.717) is 11.6 Å². The largest absolute Gasteiger partial charge is 0.313 e. The molecule has 1 unspecified atom stereocenters. The number of rotatable bonds is 9. The monoisotopic (exact) mass is 378 g/mol. The van der Waals surface area contributed by atoms with Crippen LogP contribution in [0.5, 0.6) is 0 Å². The van der Waals surface area contributed by atoms with Crippen LogP contribution in [0.2, 0.25) is 5.02 Å². The van der Waals surface area contributed by atoms with E-state index in [0.717, 1.165) is 42.9 Å². The van der Waals surface area contributed by atoms with Crippen molar-refractivity contribution >= 4 is 34.9 Å². The van der Waals surface area contributed by atoms with Gasteiger partial charge in [-0.3, -0.25) is 8.75 Å². The topological polar surface area (TPSA) is 45.5 Å². The van der Waals surface area contributed by atoms with Crippen LogP contribution in [-0.4, -0.2) is 26.1 Å². The molecule has 132 valence electrons. The second-order valence-corrected chi connectivity index (χ2v) is 8.96. The van der Waals surface area contributed by atoms with Crippen LogP contribution in [0.1, 0.15) is 64.7 Å². The van der Waals surface area contributed by atoms with E-state index in [2.05, 4.69) is 6.92 Å². The number of hydrogen-bond acceptors (Lipinski definition) is 5. The van der Waals surface area contributed by atoms with Crippen molar-refractivity contribution in [1.82, 2.24) is 9.02 Å². The zero-order valence-electron chi connectivity index (χ0n) is 13.8. The van der Waals surface area contributed by atoms with E-state index in [1.165, 1.54) is 54.0 Å². The smallest absolute Gasteiger partial charge is 0.280 e. The lowest BCUT2D eigenvalue weighted by molar-refractivity contribution is -0.115. The third-order valence-electron chi connectivity index (χ3n) is 4.17. The van der Waals surface area contributed by atoms with Gasteiger partial charge in [0, 0.05) is 13.1 Å². The fourth-order valence-corrected chi connectivity index (χ4v) is 5.64. The molecule has 1 fully saturated rings. The Labute approximate surface area is 151 Å². The molecule has 0 spiro atoms. The minimum absolute atomic E-state index is 0.0155. The van der Waals surface area contributed by atoms with Crippen LogP contribution in [0.3, 0.4) is 0 Å². The lowest BCUT2D eigenvalue weighted by Crippen LogP contribution is -2.34. The second-order valence-electron chi connectivity index (χ2n) is 6.10. The number of nitrogens with zero attached hydrogens (tertiary/aromatic N) is 2. The maximum Gasteiger partial charge on any atom is 0.280 e. The minimum Gasteiger partial charge on any atom is -0.313 e. The maximum atomic E-state index is 12.2. The third-order valence-corrected chi connectivity index (χ3v) is 7.36. The average molecular weight is 379 g/mol. The first-order valence-corrected chi connectivity index (χ1v) is 10.7. The first-order valence-electron chi connectivity index (χ1n) is 8.65. The quantitative estimate of drug-likeness (QED) is 0.598. The average Bonchev–Trinajstić information content (AvgIpc) is 2.81. The Hall–Kier alpha value is -0.0100. The Morgan fingerprint density at radius 3 is 2.74 bits per heavy atom. The van der Waals surface area contributed by atoms with Gasteiger partial charge in [0.1, 0.15) is 9.23 Å². The molecule has 0 saturated carbocycles. The summed E-state index contributed by atoms with van der Waals surface area (Å²) >= 11 is 9.19. The summed E-state index contributed by atoms with van der Waals surface area (Å²) in [6.07, 6.45) is 10.3. The molecule has 1 saturated heterocycles. The van der Waals surface area contributed by atoms with E-state index >= 15 is 0 Å². The van der Waals surface area contributed by atoms with Crippen LogP contribution in [0.15, 0.2) is 9.00 Å². The number of halogens is 1. The first kappa shape index (κ1) is 19.3. The molecule has 2 rings (SSSR count). The van der Waals surface area contributed by atoms with Gasteiger partial charge >= 0.3 is 0 Å². The number of piperidine rings is 1. The number of aromatic nitrogens is 1. The van der Waals surface area contributed by atoms with Crippen LogP contribution >= 0.6 is 34.9 Å². The standard InChI is InChI=1S/C16H27ClN2O2S2/c1-2-3-4-5-6-8-12-19-15(20)14(17)16(23-19)22-13-10-7-9-11-18(13)21/h13,21H,2-12H2,1H3. The number of thioether (sulfide) groups is 1. The van der Waals surface area contributed by atoms with Crippen molar-refractivity contribution in [3.05, 3.63) is 15.4 Å². The van der Waals surface area contributed by atoms with Crippen molar-refractivity contribution in [1.29, 1.82) is 0 Å². The third kappa shape index (κ3) is 5.78. The van der Waals surface area contributed by atoms with Crippen molar-refractivity contribution in [3.63, 3.8) is 0 Å². The van der Waals surface area contributed by atoms with Crippen molar-refractivity contribution in [2.75, 3.05) is 6.54 Å². The van der Waals surface area contributed by atoms with Gasteiger partial charge in [-0.1, -0.05) is 62.4 Å². The Bertz CT molecular complexity index is 533. The molecular formula is C16H27ClN2O2S2. The molecule has 0 radical (unpaired) electrons. The van der Waals surface area contributed by atoms with Gasteiger partial charge in [-0.25, -0.2) is 0 Å². The van der Waals surface area contributed by atoms with Gasteiger partial charge in [0.25, 0.3) is 5.56 Å². The van der Waals surface area contributed by atoms with Crippen LogP contribution in [0.4, 0.5) is 0 Å². The lowest BCUT2D eigenvalue weighted by atomic mass is 10.1. The number of hydroxylamine groups is 2. The first-order chi connectivity index (χ1) is 11.1. The second kappa shape index (κ2) is 10.1. The highest BCUT2D eigenvalue weighted by atomic mass is 35.5. The van der Waals surface area contributed by atoms with Crippen molar-refractivity contribution in [2.45, 2.75) is 80.8 Å². The molecule has 0 bridgehead atoms. The summed E-state index contributed by atoms with van der Waals surface area (Å²) < 4.78 is 2.61. The summed E-state index contributed by atoms with van der Waals surface area (Å²) in [7, 11) is 0. The van der Waals surface area contributed by atoms with Gasteiger partial charge in [-0.05, 0) is 37.2 Å². The molecular weight excluding hydrogens is 352 g/mol. The van der Waals surface area contributed by atoms with Crippen LogP contribution in [0, 0.1) is 0 Å². The van der Waals surface area contributed by atoms with E-state index in [-0.39, 0.29) is 10.9 Å². The minimum atomic E-state index is -0.0759. The zero-order valence-corrected chi connectivity index (χ0v) is 16.2. The highest BCUT2D eigenvalue weighted by Gasteiger charge is 2.25. The molecule has 7 heteroatoms. The van der Waals surface area contributed by atoms with E-state index in [4.69, 9.17) is 11.6 Å². The zero-order chi connectivity index (χ0) is 16.7. The molecule has 0 aromatic carbocycles. The molecule has 23 heavy (non-hydrogen) atoms. The molecule has 2 heterocycles. The van der Waals surface area contributed by atoms with Crippen LogP contribution < -0.4 is 5.56 Å². The molecule has 1 aromatic heterocycles. The van der Waals surface area contributed by atoms with E-state index < -0.39 is 0 Å². The predicted octanol–water partition coefficient (Wildman–Crippen LogP) is 5.22. The van der Waals surface area contributed by atoms with E-state index in [1.807, 2.05) is 0 Å². The Balaban J connectivity index is 1.86. The van der Waals surface area contributed by atoms with Crippen LogP contribution in [-0.2, 0) is 6.54 Å². The highest BCUT2D eigenvalue weighted by molar-refractivity contribution is 8.01. The molecule has 1 aromatic rings. The van der Waals surface area contributed by atoms with E-state index in [9.17, 15) is 10.0 Å². The number of aryl methyl sites for hydroxylation is 1. The summed E-state index contributed by atoms with van der Waals surface area (Å²) in [5, 5.41) is 11.7. The van der Waals surface area contributed by atoms with Crippen molar-refractivity contribution in [2.24, 2.45) is 0 Å². The van der Waals surface area contributed by atoms with E-state index in [1.54, 1.807) is 3.96 Å². The lowest BCUT2D eigenvalue weighted by Gasteiger charge is -2.29.